The molecule has 1 heterocycles. The smallest absolute Gasteiger partial charge is 0.336 e. The Hall–Kier alpha value is -3.60. The lowest BCUT2D eigenvalue weighted by Gasteiger charge is -2.16. The van der Waals surface area contributed by atoms with Crippen molar-refractivity contribution in [2.75, 3.05) is 11.9 Å². The molecule has 0 aliphatic carbocycles. The second kappa shape index (κ2) is 7.80. The second-order valence-electron chi connectivity index (χ2n) is 7.21. The summed E-state index contributed by atoms with van der Waals surface area (Å²) in [4.78, 5) is 24.0. The van der Waals surface area contributed by atoms with Crippen molar-refractivity contribution in [1.29, 1.82) is 0 Å². The van der Waals surface area contributed by atoms with Crippen LogP contribution in [0.4, 0.5) is 5.69 Å². The maximum atomic E-state index is 12.4. The van der Waals surface area contributed by atoms with Crippen LogP contribution in [0.3, 0.4) is 0 Å². The van der Waals surface area contributed by atoms with Crippen LogP contribution in [0.1, 0.15) is 24.1 Å². The summed E-state index contributed by atoms with van der Waals surface area (Å²) in [5.41, 5.74) is 2.77. The van der Waals surface area contributed by atoms with Gasteiger partial charge in [-0.2, -0.15) is 0 Å². The molecule has 0 fully saturated rings. The molecule has 4 aromatic rings. The molecule has 0 radical (unpaired) electrons. The average molecular weight is 386 g/mol. The van der Waals surface area contributed by atoms with Gasteiger partial charge in [0.05, 0.1) is 12.6 Å². The molecule has 0 unspecified atom stereocenters. The van der Waals surface area contributed by atoms with Crippen LogP contribution < -0.4 is 16.3 Å². The highest BCUT2D eigenvalue weighted by atomic mass is 16.4. The number of fused-ring (bicyclic) bond motifs is 2. The van der Waals surface area contributed by atoms with Gasteiger partial charge in [0.25, 0.3) is 0 Å². The molecule has 0 aliphatic heterocycles. The number of carbonyl (C=O) groups excluding carboxylic acids is 1. The van der Waals surface area contributed by atoms with Crippen LogP contribution in [0.2, 0.25) is 0 Å². The van der Waals surface area contributed by atoms with Gasteiger partial charge in [-0.15, -0.1) is 0 Å². The standard InChI is InChI=1S/C24H22N2O3/c1-15-11-24(28)29-22-13-20(9-10-21(15)22)25-14-23(27)26-16(2)18-8-7-17-5-3-4-6-19(17)12-18/h3-13,16,25H,14H2,1-2H3,(H,26,27)/t16-/m1/s1. The van der Waals surface area contributed by atoms with E-state index in [0.717, 1.165) is 27.6 Å². The molecule has 146 valence electrons. The van der Waals surface area contributed by atoms with E-state index >= 15 is 0 Å². The van der Waals surface area contributed by atoms with Crippen LogP contribution in [-0.2, 0) is 4.79 Å². The van der Waals surface area contributed by atoms with Gasteiger partial charge in [-0.25, -0.2) is 4.79 Å². The summed E-state index contributed by atoms with van der Waals surface area (Å²) < 4.78 is 5.25. The normalized spacial score (nSPS) is 12.1. The van der Waals surface area contributed by atoms with Gasteiger partial charge in [0, 0.05) is 23.2 Å². The minimum Gasteiger partial charge on any atom is -0.423 e. The minimum absolute atomic E-state index is 0.105. The summed E-state index contributed by atoms with van der Waals surface area (Å²) in [5.74, 6) is -0.114. The monoisotopic (exact) mass is 386 g/mol. The predicted octanol–water partition coefficient (Wildman–Crippen LogP) is 4.54. The third kappa shape index (κ3) is 4.14. The average Bonchev–Trinajstić information content (AvgIpc) is 2.71. The van der Waals surface area contributed by atoms with Crippen LogP contribution in [0.15, 0.2) is 75.9 Å². The van der Waals surface area contributed by atoms with Crippen molar-refractivity contribution < 1.29 is 9.21 Å². The minimum atomic E-state index is -0.380. The van der Waals surface area contributed by atoms with E-state index in [1.54, 1.807) is 6.07 Å². The predicted molar refractivity (Wildman–Crippen MR) is 116 cm³/mol. The fourth-order valence-corrected chi connectivity index (χ4v) is 3.47. The van der Waals surface area contributed by atoms with Crippen LogP contribution in [0, 0.1) is 6.92 Å². The Balaban J connectivity index is 1.41. The molecule has 1 amide bonds. The maximum absolute atomic E-state index is 12.4. The SMILES string of the molecule is Cc1cc(=O)oc2cc(NCC(=O)N[C@H](C)c3ccc4ccccc4c3)ccc12. The van der Waals surface area contributed by atoms with E-state index in [2.05, 4.69) is 34.9 Å². The highest BCUT2D eigenvalue weighted by molar-refractivity contribution is 5.86. The van der Waals surface area contributed by atoms with Crippen molar-refractivity contribution in [2.24, 2.45) is 0 Å². The Kier molecular flexibility index (Phi) is 5.04. The van der Waals surface area contributed by atoms with E-state index in [1.807, 2.05) is 44.2 Å². The molecule has 1 aromatic heterocycles. The zero-order valence-electron chi connectivity index (χ0n) is 16.4. The third-order valence-corrected chi connectivity index (χ3v) is 5.06. The number of nitrogens with one attached hydrogen (secondary N) is 2. The summed E-state index contributed by atoms with van der Waals surface area (Å²) in [5, 5.41) is 9.30. The Morgan fingerprint density at radius 1 is 1.00 bits per heavy atom. The highest BCUT2D eigenvalue weighted by Crippen LogP contribution is 2.21. The lowest BCUT2D eigenvalue weighted by molar-refractivity contribution is -0.120. The largest absolute Gasteiger partial charge is 0.423 e. The first-order valence-electron chi connectivity index (χ1n) is 9.56. The summed E-state index contributed by atoms with van der Waals surface area (Å²) in [6.45, 7) is 3.96. The van der Waals surface area contributed by atoms with Gasteiger partial charge in [0.1, 0.15) is 5.58 Å². The molecule has 1 atom stereocenters. The topological polar surface area (TPSA) is 71.3 Å². The number of benzene rings is 3. The van der Waals surface area contributed by atoms with Gasteiger partial charge in [-0.05, 0) is 53.9 Å². The van der Waals surface area contributed by atoms with Crippen molar-refractivity contribution in [3.05, 3.63) is 88.3 Å². The zero-order chi connectivity index (χ0) is 20.4. The Labute approximate surface area is 168 Å². The molecule has 29 heavy (non-hydrogen) atoms. The quantitative estimate of drug-likeness (QED) is 0.494. The molecule has 0 aliphatic rings. The molecule has 5 nitrogen and oxygen atoms in total. The van der Waals surface area contributed by atoms with Crippen molar-refractivity contribution >= 4 is 33.3 Å². The first-order valence-corrected chi connectivity index (χ1v) is 9.56. The molecule has 2 N–H and O–H groups in total. The van der Waals surface area contributed by atoms with E-state index in [0.29, 0.717) is 5.58 Å². The van der Waals surface area contributed by atoms with E-state index < -0.39 is 0 Å². The lowest BCUT2D eigenvalue weighted by atomic mass is 10.0. The summed E-state index contributed by atoms with van der Waals surface area (Å²) in [7, 11) is 0. The molecule has 5 heteroatoms. The molecular weight excluding hydrogens is 364 g/mol. The Morgan fingerprint density at radius 3 is 2.62 bits per heavy atom. The van der Waals surface area contributed by atoms with E-state index in [1.165, 1.54) is 11.5 Å². The molecule has 0 saturated heterocycles. The number of rotatable bonds is 5. The second-order valence-corrected chi connectivity index (χ2v) is 7.21. The van der Waals surface area contributed by atoms with Gasteiger partial charge in [-0.1, -0.05) is 36.4 Å². The molecule has 0 saturated carbocycles. The van der Waals surface area contributed by atoms with Gasteiger partial charge in [0.15, 0.2) is 0 Å². The van der Waals surface area contributed by atoms with Crippen LogP contribution in [0.5, 0.6) is 0 Å². The Morgan fingerprint density at radius 2 is 1.79 bits per heavy atom. The third-order valence-electron chi connectivity index (χ3n) is 5.06. The van der Waals surface area contributed by atoms with Gasteiger partial charge >= 0.3 is 5.63 Å². The van der Waals surface area contributed by atoms with Gasteiger partial charge < -0.3 is 15.1 Å². The molecule has 4 rings (SSSR count). The van der Waals surface area contributed by atoms with Gasteiger partial charge in [0.2, 0.25) is 5.91 Å². The van der Waals surface area contributed by atoms with Crippen molar-refractivity contribution in [2.45, 2.75) is 19.9 Å². The Bertz CT molecular complexity index is 1260. The van der Waals surface area contributed by atoms with Crippen LogP contribution in [-0.4, -0.2) is 12.5 Å². The number of anilines is 1. The fraction of sp³-hybridized carbons (Fsp3) is 0.167. The van der Waals surface area contributed by atoms with Crippen LogP contribution in [0.25, 0.3) is 21.7 Å². The van der Waals surface area contributed by atoms with Gasteiger partial charge in [-0.3, -0.25) is 4.79 Å². The first-order chi connectivity index (χ1) is 14.0. The van der Waals surface area contributed by atoms with Crippen LogP contribution >= 0.6 is 0 Å². The fourth-order valence-electron chi connectivity index (χ4n) is 3.47. The number of hydrogen-bond donors (Lipinski definition) is 2. The zero-order valence-corrected chi connectivity index (χ0v) is 16.4. The van der Waals surface area contributed by atoms with Crippen molar-refractivity contribution in [3.8, 4) is 0 Å². The number of amides is 1. The highest BCUT2D eigenvalue weighted by Gasteiger charge is 2.10. The van der Waals surface area contributed by atoms with E-state index in [-0.39, 0.29) is 24.1 Å². The summed E-state index contributed by atoms with van der Waals surface area (Å²) in [6.07, 6.45) is 0. The van der Waals surface area contributed by atoms with Crippen molar-refractivity contribution in [3.63, 3.8) is 0 Å². The van der Waals surface area contributed by atoms with E-state index in [4.69, 9.17) is 4.42 Å². The van der Waals surface area contributed by atoms with Crippen molar-refractivity contribution in [1.82, 2.24) is 5.32 Å². The summed E-state index contributed by atoms with van der Waals surface area (Å²) in [6, 6.07) is 21.2. The molecule has 3 aromatic carbocycles. The molecular formula is C24H22N2O3. The lowest BCUT2D eigenvalue weighted by Crippen LogP contribution is -2.32. The number of aryl methyl sites for hydroxylation is 1. The summed E-state index contributed by atoms with van der Waals surface area (Å²) >= 11 is 0. The first kappa shape index (κ1) is 18.7. The number of hydrogen-bond acceptors (Lipinski definition) is 4. The number of carbonyl (C=O) groups is 1. The maximum Gasteiger partial charge on any atom is 0.336 e. The molecule has 0 spiro atoms. The van der Waals surface area contributed by atoms with E-state index in [9.17, 15) is 9.59 Å². The molecule has 0 bridgehead atoms.